The van der Waals surface area contributed by atoms with E-state index >= 15 is 0 Å². The fraction of sp³-hybridized carbons (Fsp3) is 0.857. The van der Waals surface area contributed by atoms with Crippen molar-refractivity contribution in [2.24, 2.45) is 0 Å². The van der Waals surface area contributed by atoms with Gasteiger partial charge in [-0.15, -0.1) is 23.5 Å². The standard InChI is InChI=1S/C14H28O2S2/c1-2-3-4-5-6-7-8-14(18-12-10-16)13-17-11-9-15/h13,15-16H,2-12H2,1H3/b14-13-. The quantitative estimate of drug-likeness (QED) is 0.503. The van der Waals surface area contributed by atoms with Gasteiger partial charge in [0.05, 0.1) is 13.2 Å². The van der Waals surface area contributed by atoms with Gasteiger partial charge in [-0.05, 0) is 23.2 Å². The van der Waals surface area contributed by atoms with Crippen LogP contribution in [0.25, 0.3) is 0 Å². The first-order chi connectivity index (χ1) is 8.85. The van der Waals surface area contributed by atoms with E-state index in [-0.39, 0.29) is 13.2 Å². The summed E-state index contributed by atoms with van der Waals surface area (Å²) in [5, 5.41) is 19.8. The molecule has 0 spiro atoms. The number of aliphatic hydroxyl groups is 2. The Labute approximate surface area is 121 Å². The third-order valence-corrected chi connectivity index (χ3v) is 4.68. The van der Waals surface area contributed by atoms with Gasteiger partial charge in [0.15, 0.2) is 0 Å². The molecule has 0 aromatic heterocycles. The number of unbranched alkanes of at least 4 members (excludes halogenated alkanes) is 5. The van der Waals surface area contributed by atoms with Gasteiger partial charge in [0.25, 0.3) is 0 Å². The molecule has 0 amide bonds. The van der Waals surface area contributed by atoms with Crippen molar-refractivity contribution >= 4 is 23.5 Å². The molecule has 0 fully saturated rings. The summed E-state index contributed by atoms with van der Waals surface area (Å²) in [6.07, 6.45) is 9.03. The summed E-state index contributed by atoms with van der Waals surface area (Å²) < 4.78 is 0. The average molecular weight is 293 g/mol. The molecule has 0 saturated heterocycles. The van der Waals surface area contributed by atoms with Gasteiger partial charge in [0.2, 0.25) is 0 Å². The number of allylic oxidation sites excluding steroid dienone is 1. The second-order valence-electron chi connectivity index (χ2n) is 4.27. The highest BCUT2D eigenvalue weighted by Gasteiger charge is 1.99. The summed E-state index contributed by atoms with van der Waals surface area (Å²) in [5.41, 5.74) is 0. The Morgan fingerprint density at radius 2 is 1.61 bits per heavy atom. The Balaban J connectivity index is 3.68. The lowest BCUT2D eigenvalue weighted by Crippen LogP contribution is -1.89. The molecule has 108 valence electrons. The van der Waals surface area contributed by atoms with E-state index in [2.05, 4.69) is 12.3 Å². The van der Waals surface area contributed by atoms with Crippen LogP contribution in [0.3, 0.4) is 0 Å². The van der Waals surface area contributed by atoms with Gasteiger partial charge in [-0.25, -0.2) is 0 Å². The van der Waals surface area contributed by atoms with E-state index in [1.54, 1.807) is 23.5 Å². The molecular formula is C14H28O2S2. The van der Waals surface area contributed by atoms with Crippen molar-refractivity contribution in [3.05, 3.63) is 10.3 Å². The predicted octanol–water partition coefficient (Wildman–Crippen LogP) is 4.03. The van der Waals surface area contributed by atoms with Crippen LogP contribution in [-0.2, 0) is 0 Å². The van der Waals surface area contributed by atoms with E-state index in [0.717, 1.165) is 17.9 Å². The third kappa shape index (κ3) is 12.8. The van der Waals surface area contributed by atoms with Crippen molar-refractivity contribution in [2.75, 3.05) is 24.7 Å². The molecule has 0 aliphatic carbocycles. The molecular weight excluding hydrogens is 264 g/mol. The maximum atomic E-state index is 8.86. The minimum Gasteiger partial charge on any atom is -0.396 e. The largest absolute Gasteiger partial charge is 0.396 e. The van der Waals surface area contributed by atoms with Crippen molar-refractivity contribution in [3.8, 4) is 0 Å². The second-order valence-corrected chi connectivity index (χ2v) is 6.47. The Hall–Kier alpha value is 0.360. The first-order valence-corrected chi connectivity index (χ1v) is 9.03. The van der Waals surface area contributed by atoms with Crippen LogP contribution in [0.1, 0.15) is 51.9 Å². The zero-order valence-corrected chi connectivity index (χ0v) is 13.2. The van der Waals surface area contributed by atoms with Gasteiger partial charge in [-0.2, -0.15) is 0 Å². The number of hydrogen-bond donors (Lipinski definition) is 2. The number of rotatable bonds is 13. The van der Waals surface area contributed by atoms with E-state index < -0.39 is 0 Å². The molecule has 0 saturated carbocycles. The molecule has 2 nitrogen and oxygen atoms in total. The van der Waals surface area contributed by atoms with Crippen molar-refractivity contribution in [3.63, 3.8) is 0 Å². The van der Waals surface area contributed by atoms with Crippen molar-refractivity contribution in [1.29, 1.82) is 0 Å². The lowest BCUT2D eigenvalue weighted by atomic mass is 10.1. The summed E-state index contributed by atoms with van der Waals surface area (Å²) >= 11 is 3.42. The monoisotopic (exact) mass is 292 g/mol. The van der Waals surface area contributed by atoms with Gasteiger partial charge in [-0.3, -0.25) is 0 Å². The molecule has 2 N–H and O–H groups in total. The van der Waals surface area contributed by atoms with Crippen LogP contribution in [0.4, 0.5) is 0 Å². The van der Waals surface area contributed by atoms with E-state index in [0.29, 0.717) is 0 Å². The molecule has 0 bridgehead atoms. The summed E-state index contributed by atoms with van der Waals surface area (Å²) in [4.78, 5) is 1.36. The number of aliphatic hydroxyl groups excluding tert-OH is 2. The molecule has 0 aliphatic heterocycles. The van der Waals surface area contributed by atoms with Crippen LogP contribution in [0, 0.1) is 0 Å². The van der Waals surface area contributed by atoms with Gasteiger partial charge in [0, 0.05) is 11.5 Å². The van der Waals surface area contributed by atoms with E-state index in [9.17, 15) is 0 Å². The highest BCUT2D eigenvalue weighted by molar-refractivity contribution is 8.06. The van der Waals surface area contributed by atoms with Crippen LogP contribution in [-0.4, -0.2) is 34.9 Å². The fourth-order valence-corrected chi connectivity index (χ4v) is 3.27. The van der Waals surface area contributed by atoms with Gasteiger partial charge in [0.1, 0.15) is 0 Å². The molecule has 4 heteroatoms. The molecule has 0 aromatic carbocycles. The summed E-state index contributed by atoms with van der Waals surface area (Å²) in [5.74, 6) is 1.54. The number of thioether (sulfide) groups is 2. The average Bonchev–Trinajstić information content (AvgIpc) is 2.39. The topological polar surface area (TPSA) is 40.5 Å². The Bertz CT molecular complexity index is 196. The first-order valence-electron chi connectivity index (χ1n) is 7.00. The van der Waals surface area contributed by atoms with Crippen LogP contribution in [0.5, 0.6) is 0 Å². The maximum Gasteiger partial charge on any atom is 0.0525 e. The van der Waals surface area contributed by atoms with E-state index in [1.807, 2.05) is 0 Å². The summed E-state index contributed by atoms with van der Waals surface area (Å²) in [7, 11) is 0. The molecule has 0 radical (unpaired) electrons. The predicted molar refractivity (Wildman–Crippen MR) is 85.2 cm³/mol. The normalized spacial score (nSPS) is 12.1. The first kappa shape index (κ1) is 18.4. The molecule has 0 heterocycles. The third-order valence-electron chi connectivity index (χ3n) is 2.58. The van der Waals surface area contributed by atoms with Crippen LogP contribution >= 0.6 is 23.5 Å². The van der Waals surface area contributed by atoms with Gasteiger partial charge < -0.3 is 10.2 Å². The lowest BCUT2D eigenvalue weighted by Gasteiger charge is -2.06. The Kier molecular flexibility index (Phi) is 15.7. The molecule has 0 atom stereocenters. The highest BCUT2D eigenvalue weighted by Crippen LogP contribution is 2.25. The SMILES string of the molecule is CCCCCCCC/C(=C/SCCO)SCCO. The molecule has 0 rings (SSSR count). The van der Waals surface area contributed by atoms with Crippen LogP contribution in [0.15, 0.2) is 10.3 Å². The van der Waals surface area contributed by atoms with Crippen molar-refractivity contribution in [1.82, 2.24) is 0 Å². The number of hydrogen-bond acceptors (Lipinski definition) is 4. The zero-order valence-electron chi connectivity index (χ0n) is 11.6. The fourth-order valence-electron chi connectivity index (χ4n) is 1.63. The van der Waals surface area contributed by atoms with Gasteiger partial charge >= 0.3 is 0 Å². The van der Waals surface area contributed by atoms with Crippen molar-refractivity contribution in [2.45, 2.75) is 51.9 Å². The summed E-state index contributed by atoms with van der Waals surface area (Å²) in [6, 6.07) is 0. The van der Waals surface area contributed by atoms with Gasteiger partial charge in [-0.1, -0.05) is 39.0 Å². The molecule has 0 unspecified atom stereocenters. The second kappa shape index (κ2) is 15.4. The molecule has 18 heavy (non-hydrogen) atoms. The zero-order chi connectivity index (χ0) is 13.5. The van der Waals surface area contributed by atoms with E-state index in [1.165, 1.54) is 43.4 Å². The smallest absolute Gasteiger partial charge is 0.0525 e. The molecule has 0 aliphatic rings. The van der Waals surface area contributed by atoms with E-state index in [4.69, 9.17) is 10.2 Å². The highest BCUT2D eigenvalue weighted by atomic mass is 32.2. The molecule has 0 aromatic rings. The van der Waals surface area contributed by atoms with Crippen LogP contribution < -0.4 is 0 Å². The minimum atomic E-state index is 0.232. The maximum absolute atomic E-state index is 8.86. The minimum absolute atomic E-state index is 0.232. The Morgan fingerprint density at radius 1 is 0.944 bits per heavy atom. The van der Waals surface area contributed by atoms with Crippen molar-refractivity contribution < 1.29 is 10.2 Å². The lowest BCUT2D eigenvalue weighted by molar-refractivity contribution is 0.322. The summed E-state index contributed by atoms with van der Waals surface area (Å²) in [6.45, 7) is 2.71. The Morgan fingerprint density at radius 3 is 2.28 bits per heavy atom. The van der Waals surface area contributed by atoms with Crippen LogP contribution in [0.2, 0.25) is 0 Å².